The van der Waals surface area contributed by atoms with Crippen LogP contribution < -0.4 is 5.32 Å². The SMILES string of the molecule is C[C@@H](C(=O)NCCC(=O)O)c1ccc(-c2ccccc2)c(F)c1. The molecule has 0 saturated carbocycles. The number of carboxylic acids is 1. The number of halogens is 1. The number of carbonyl (C=O) groups excluding carboxylic acids is 1. The van der Waals surface area contributed by atoms with Gasteiger partial charge in [0.25, 0.3) is 0 Å². The lowest BCUT2D eigenvalue weighted by molar-refractivity contribution is -0.136. The van der Waals surface area contributed by atoms with Gasteiger partial charge in [-0.1, -0.05) is 42.5 Å². The minimum absolute atomic E-state index is 0.0586. The van der Waals surface area contributed by atoms with Gasteiger partial charge >= 0.3 is 5.97 Å². The fraction of sp³-hybridized carbons (Fsp3) is 0.222. The van der Waals surface area contributed by atoms with Gasteiger partial charge in [-0.2, -0.15) is 0 Å². The quantitative estimate of drug-likeness (QED) is 0.860. The van der Waals surface area contributed by atoms with Crippen molar-refractivity contribution in [1.29, 1.82) is 0 Å². The first kappa shape index (κ1) is 16.7. The number of rotatable bonds is 6. The first-order chi connectivity index (χ1) is 11.0. The molecule has 0 aliphatic carbocycles. The highest BCUT2D eigenvalue weighted by molar-refractivity contribution is 5.83. The molecule has 0 saturated heterocycles. The lowest BCUT2D eigenvalue weighted by atomic mass is 9.96. The summed E-state index contributed by atoms with van der Waals surface area (Å²) in [5.41, 5.74) is 1.80. The molecule has 0 unspecified atom stereocenters. The summed E-state index contributed by atoms with van der Waals surface area (Å²) in [6, 6.07) is 13.9. The third kappa shape index (κ3) is 4.39. The number of hydrogen-bond donors (Lipinski definition) is 2. The average Bonchev–Trinajstić information content (AvgIpc) is 2.54. The van der Waals surface area contributed by atoms with E-state index in [2.05, 4.69) is 5.32 Å². The van der Waals surface area contributed by atoms with E-state index in [0.717, 1.165) is 5.56 Å². The van der Waals surface area contributed by atoms with Crippen LogP contribution in [0.3, 0.4) is 0 Å². The summed E-state index contributed by atoms with van der Waals surface area (Å²) in [5.74, 6) is -2.24. The molecule has 1 amide bonds. The number of aliphatic carboxylic acids is 1. The van der Waals surface area contributed by atoms with Crippen LogP contribution in [0.15, 0.2) is 48.5 Å². The van der Waals surface area contributed by atoms with Gasteiger partial charge in [0, 0.05) is 12.1 Å². The summed E-state index contributed by atoms with van der Waals surface area (Å²) < 4.78 is 14.3. The molecular weight excluding hydrogens is 297 g/mol. The van der Waals surface area contributed by atoms with E-state index in [1.54, 1.807) is 19.1 Å². The Labute approximate surface area is 134 Å². The second-order valence-electron chi connectivity index (χ2n) is 5.26. The zero-order valence-electron chi connectivity index (χ0n) is 12.8. The fourth-order valence-corrected chi connectivity index (χ4v) is 2.25. The first-order valence-electron chi connectivity index (χ1n) is 7.33. The Bertz CT molecular complexity index is 701. The van der Waals surface area contributed by atoms with E-state index < -0.39 is 11.9 Å². The van der Waals surface area contributed by atoms with E-state index in [1.807, 2.05) is 30.3 Å². The van der Waals surface area contributed by atoms with Gasteiger partial charge in [-0.05, 0) is 24.1 Å². The summed E-state index contributed by atoms with van der Waals surface area (Å²) in [4.78, 5) is 22.4. The molecule has 0 heterocycles. The maximum absolute atomic E-state index is 14.3. The molecule has 0 aliphatic rings. The summed E-state index contributed by atoms with van der Waals surface area (Å²) in [5, 5.41) is 11.1. The van der Waals surface area contributed by atoms with Crippen molar-refractivity contribution in [3.63, 3.8) is 0 Å². The molecular formula is C18H18FNO3. The molecule has 120 valence electrons. The molecule has 2 N–H and O–H groups in total. The number of carbonyl (C=O) groups is 2. The largest absolute Gasteiger partial charge is 0.481 e. The Morgan fingerprint density at radius 1 is 1.17 bits per heavy atom. The van der Waals surface area contributed by atoms with Gasteiger partial charge < -0.3 is 10.4 Å². The van der Waals surface area contributed by atoms with Gasteiger partial charge in [-0.3, -0.25) is 9.59 Å². The number of carboxylic acid groups (broad SMARTS) is 1. The molecule has 4 nitrogen and oxygen atoms in total. The van der Waals surface area contributed by atoms with Crippen molar-refractivity contribution >= 4 is 11.9 Å². The second kappa shape index (κ2) is 7.54. The van der Waals surface area contributed by atoms with Crippen molar-refractivity contribution in [2.24, 2.45) is 0 Å². The van der Waals surface area contributed by atoms with Gasteiger partial charge in [0.15, 0.2) is 0 Å². The van der Waals surface area contributed by atoms with Crippen LogP contribution in [-0.4, -0.2) is 23.5 Å². The topological polar surface area (TPSA) is 66.4 Å². The fourth-order valence-electron chi connectivity index (χ4n) is 2.25. The van der Waals surface area contributed by atoms with Crippen LogP contribution in [0.4, 0.5) is 4.39 Å². The molecule has 2 aromatic carbocycles. The predicted octanol–water partition coefficient (Wildman–Crippen LogP) is 3.19. The van der Waals surface area contributed by atoms with Crippen LogP contribution in [-0.2, 0) is 9.59 Å². The molecule has 23 heavy (non-hydrogen) atoms. The van der Waals surface area contributed by atoms with Crippen molar-refractivity contribution in [2.45, 2.75) is 19.3 Å². The highest BCUT2D eigenvalue weighted by Crippen LogP contribution is 2.26. The Balaban J connectivity index is 2.10. The van der Waals surface area contributed by atoms with E-state index in [4.69, 9.17) is 5.11 Å². The molecule has 2 aromatic rings. The number of benzene rings is 2. The highest BCUT2D eigenvalue weighted by atomic mass is 19.1. The Morgan fingerprint density at radius 3 is 2.48 bits per heavy atom. The zero-order valence-corrected chi connectivity index (χ0v) is 12.8. The normalized spacial score (nSPS) is 11.7. The van der Waals surface area contributed by atoms with Gasteiger partial charge in [-0.25, -0.2) is 4.39 Å². The molecule has 5 heteroatoms. The lowest BCUT2D eigenvalue weighted by Gasteiger charge is -2.13. The molecule has 0 bridgehead atoms. The molecule has 1 atom stereocenters. The van der Waals surface area contributed by atoms with E-state index in [-0.39, 0.29) is 24.7 Å². The standard InChI is InChI=1S/C18H18FNO3/c1-12(18(23)20-10-9-17(21)22)14-7-8-15(16(19)11-14)13-5-3-2-4-6-13/h2-8,11-12H,9-10H2,1H3,(H,20,23)(H,21,22)/t12-/m1/s1. The molecule has 0 spiro atoms. The van der Waals surface area contributed by atoms with Crippen LogP contribution >= 0.6 is 0 Å². The molecule has 0 radical (unpaired) electrons. The van der Waals surface area contributed by atoms with E-state index in [1.165, 1.54) is 6.07 Å². The summed E-state index contributed by atoms with van der Waals surface area (Å²) in [6.45, 7) is 1.72. The van der Waals surface area contributed by atoms with E-state index >= 15 is 0 Å². The molecule has 0 aromatic heterocycles. The van der Waals surface area contributed by atoms with Gasteiger partial charge in [0.1, 0.15) is 5.82 Å². The van der Waals surface area contributed by atoms with Crippen LogP contribution in [0.1, 0.15) is 24.8 Å². The maximum Gasteiger partial charge on any atom is 0.305 e. The average molecular weight is 315 g/mol. The summed E-state index contributed by atoms with van der Waals surface area (Å²) in [7, 11) is 0. The Hall–Kier alpha value is -2.69. The van der Waals surface area contributed by atoms with Gasteiger partial charge in [0.05, 0.1) is 12.3 Å². The molecule has 0 fully saturated rings. The number of amides is 1. The Kier molecular flexibility index (Phi) is 5.46. The van der Waals surface area contributed by atoms with Crippen molar-refractivity contribution < 1.29 is 19.1 Å². The van der Waals surface area contributed by atoms with Crippen molar-refractivity contribution in [1.82, 2.24) is 5.32 Å². The minimum Gasteiger partial charge on any atom is -0.481 e. The van der Waals surface area contributed by atoms with E-state index in [9.17, 15) is 14.0 Å². The van der Waals surface area contributed by atoms with Gasteiger partial charge in [-0.15, -0.1) is 0 Å². The third-order valence-corrected chi connectivity index (χ3v) is 3.61. The summed E-state index contributed by atoms with van der Waals surface area (Å²) in [6.07, 6.45) is -0.139. The third-order valence-electron chi connectivity index (χ3n) is 3.61. The highest BCUT2D eigenvalue weighted by Gasteiger charge is 2.17. The number of nitrogens with one attached hydrogen (secondary N) is 1. The Morgan fingerprint density at radius 2 is 1.87 bits per heavy atom. The maximum atomic E-state index is 14.3. The van der Waals surface area contributed by atoms with Crippen LogP contribution in [0.5, 0.6) is 0 Å². The monoisotopic (exact) mass is 315 g/mol. The van der Waals surface area contributed by atoms with E-state index in [0.29, 0.717) is 11.1 Å². The van der Waals surface area contributed by atoms with Crippen LogP contribution in [0, 0.1) is 5.82 Å². The summed E-state index contributed by atoms with van der Waals surface area (Å²) >= 11 is 0. The lowest BCUT2D eigenvalue weighted by Crippen LogP contribution is -2.30. The molecule has 2 rings (SSSR count). The minimum atomic E-state index is -0.976. The first-order valence-corrected chi connectivity index (χ1v) is 7.33. The van der Waals surface area contributed by atoms with Crippen molar-refractivity contribution in [3.8, 4) is 11.1 Å². The van der Waals surface area contributed by atoms with Crippen molar-refractivity contribution in [3.05, 3.63) is 59.9 Å². The number of hydrogen-bond acceptors (Lipinski definition) is 2. The second-order valence-corrected chi connectivity index (χ2v) is 5.26. The molecule has 0 aliphatic heterocycles. The van der Waals surface area contributed by atoms with Gasteiger partial charge in [0.2, 0.25) is 5.91 Å². The predicted molar refractivity (Wildman–Crippen MR) is 85.5 cm³/mol. The van der Waals surface area contributed by atoms with Crippen molar-refractivity contribution in [2.75, 3.05) is 6.54 Å². The zero-order chi connectivity index (χ0) is 16.8. The van der Waals surface area contributed by atoms with Crippen LogP contribution in [0.2, 0.25) is 0 Å². The smallest absolute Gasteiger partial charge is 0.305 e. The van der Waals surface area contributed by atoms with Crippen LogP contribution in [0.25, 0.3) is 11.1 Å².